The van der Waals surface area contributed by atoms with Gasteiger partial charge in [0.05, 0.1) is 18.2 Å². The number of hydrogen-bond donors (Lipinski definition) is 0. The summed E-state index contributed by atoms with van der Waals surface area (Å²) in [6.45, 7) is 3.84. The molecule has 0 spiro atoms. The summed E-state index contributed by atoms with van der Waals surface area (Å²) in [7, 11) is 1.55. The Labute approximate surface area is 216 Å². The summed E-state index contributed by atoms with van der Waals surface area (Å²) in [6.07, 6.45) is 4.44. The van der Waals surface area contributed by atoms with Crippen molar-refractivity contribution in [2.45, 2.75) is 19.3 Å². The van der Waals surface area contributed by atoms with E-state index in [1.54, 1.807) is 31.4 Å². The van der Waals surface area contributed by atoms with E-state index in [-0.39, 0.29) is 11.6 Å². The lowest BCUT2D eigenvalue weighted by atomic mass is 9.94. The predicted molar refractivity (Wildman–Crippen MR) is 141 cm³/mol. The lowest BCUT2D eigenvalue weighted by molar-refractivity contribution is 0.103. The number of ketones is 1. The maximum absolute atomic E-state index is 13.6. The van der Waals surface area contributed by atoms with Crippen LogP contribution in [0.3, 0.4) is 0 Å². The molecule has 0 unspecified atom stereocenters. The molecule has 2 heterocycles. The van der Waals surface area contributed by atoms with Crippen LogP contribution in [0, 0.1) is 5.82 Å². The first kappa shape index (κ1) is 24.8. The van der Waals surface area contributed by atoms with Gasteiger partial charge in [-0.1, -0.05) is 36.4 Å². The molecule has 1 aliphatic heterocycles. The van der Waals surface area contributed by atoms with Gasteiger partial charge in [0, 0.05) is 18.5 Å². The highest BCUT2D eigenvalue weighted by Gasteiger charge is 2.24. The molecular weight excluding hydrogens is 469 g/mol. The second-order valence-electron chi connectivity index (χ2n) is 9.20. The molecule has 1 saturated heterocycles. The molecule has 5 nitrogen and oxygen atoms in total. The highest BCUT2D eigenvalue weighted by molar-refractivity contribution is 6.14. The third kappa shape index (κ3) is 5.75. The number of furan rings is 1. The van der Waals surface area contributed by atoms with Crippen LogP contribution in [0.25, 0.3) is 11.1 Å². The summed E-state index contributed by atoms with van der Waals surface area (Å²) in [4.78, 5) is 16.1. The van der Waals surface area contributed by atoms with E-state index >= 15 is 0 Å². The Morgan fingerprint density at radius 2 is 1.68 bits per heavy atom. The smallest absolute Gasteiger partial charge is 0.200 e. The SMILES string of the molecule is COc1ccccc1C(=O)c1coc(Cc2ccc(F)cc2)c1-c1ccc(OCCN2CCCC2)cc1. The fourth-order valence-electron chi connectivity index (χ4n) is 4.79. The Kier molecular flexibility index (Phi) is 7.66. The van der Waals surface area contributed by atoms with Crippen LogP contribution in [-0.2, 0) is 6.42 Å². The van der Waals surface area contributed by atoms with Crippen LogP contribution < -0.4 is 9.47 Å². The van der Waals surface area contributed by atoms with Crippen molar-refractivity contribution in [1.82, 2.24) is 4.90 Å². The van der Waals surface area contributed by atoms with Crippen molar-refractivity contribution >= 4 is 5.78 Å². The van der Waals surface area contributed by atoms with Crippen molar-refractivity contribution < 1.29 is 23.1 Å². The second kappa shape index (κ2) is 11.4. The van der Waals surface area contributed by atoms with Crippen LogP contribution in [0.5, 0.6) is 11.5 Å². The Morgan fingerprint density at radius 1 is 0.946 bits per heavy atom. The summed E-state index contributed by atoms with van der Waals surface area (Å²) in [5.41, 5.74) is 3.35. The third-order valence-electron chi connectivity index (χ3n) is 6.76. The molecule has 0 N–H and O–H groups in total. The van der Waals surface area contributed by atoms with Crippen LogP contribution in [0.1, 0.15) is 40.1 Å². The molecule has 1 aromatic heterocycles. The van der Waals surface area contributed by atoms with E-state index in [1.807, 2.05) is 36.4 Å². The summed E-state index contributed by atoms with van der Waals surface area (Å²) in [5.74, 6) is 1.43. The van der Waals surface area contributed by atoms with Crippen molar-refractivity contribution in [3.05, 3.63) is 107 Å². The van der Waals surface area contributed by atoms with Gasteiger partial charge in [0.1, 0.15) is 35.9 Å². The number of para-hydroxylation sites is 1. The van der Waals surface area contributed by atoms with E-state index in [4.69, 9.17) is 13.9 Å². The Bertz CT molecular complexity index is 1340. The third-order valence-corrected chi connectivity index (χ3v) is 6.76. The number of benzene rings is 3. The number of ether oxygens (including phenoxy) is 2. The van der Waals surface area contributed by atoms with Gasteiger partial charge in [-0.05, 0) is 73.5 Å². The maximum Gasteiger partial charge on any atom is 0.200 e. The first-order valence-corrected chi connectivity index (χ1v) is 12.6. The molecule has 0 aliphatic carbocycles. The number of hydrogen-bond acceptors (Lipinski definition) is 5. The summed E-state index contributed by atoms with van der Waals surface area (Å²) < 4.78 is 30.8. The van der Waals surface area contributed by atoms with Gasteiger partial charge in [0.25, 0.3) is 0 Å². The fourth-order valence-corrected chi connectivity index (χ4v) is 4.79. The lowest BCUT2D eigenvalue weighted by Gasteiger charge is -2.15. The normalized spacial score (nSPS) is 13.6. The number of likely N-dealkylation sites (tertiary alicyclic amines) is 1. The van der Waals surface area contributed by atoms with Gasteiger partial charge in [-0.3, -0.25) is 9.69 Å². The zero-order valence-corrected chi connectivity index (χ0v) is 20.9. The Balaban J connectivity index is 1.44. The highest BCUT2D eigenvalue weighted by atomic mass is 19.1. The first-order valence-electron chi connectivity index (χ1n) is 12.6. The predicted octanol–water partition coefficient (Wildman–Crippen LogP) is 6.39. The van der Waals surface area contributed by atoms with Crippen LogP contribution in [-0.4, -0.2) is 44.0 Å². The van der Waals surface area contributed by atoms with Crippen molar-refractivity contribution in [3.63, 3.8) is 0 Å². The minimum absolute atomic E-state index is 0.188. The largest absolute Gasteiger partial charge is 0.496 e. The monoisotopic (exact) mass is 499 g/mol. The molecule has 0 amide bonds. The molecular formula is C31H30FNO4. The molecule has 4 aromatic rings. The lowest BCUT2D eigenvalue weighted by Crippen LogP contribution is -2.25. The quantitative estimate of drug-likeness (QED) is 0.237. The maximum atomic E-state index is 13.6. The molecule has 190 valence electrons. The highest BCUT2D eigenvalue weighted by Crippen LogP contribution is 2.35. The van der Waals surface area contributed by atoms with Gasteiger partial charge in [0.2, 0.25) is 5.78 Å². The minimum atomic E-state index is -0.296. The number of methoxy groups -OCH3 is 1. The Morgan fingerprint density at radius 3 is 2.41 bits per heavy atom. The van der Waals surface area contributed by atoms with Crippen molar-refractivity contribution in [1.29, 1.82) is 0 Å². The average Bonchev–Trinajstić information content (AvgIpc) is 3.60. The number of halogens is 1. The Hall–Kier alpha value is -3.90. The molecule has 0 radical (unpaired) electrons. The number of nitrogens with zero attached hydrogens (tertiary/aromatic N) is 1. The van der Waals surface area contributed by atoms with Crippen LogP contribution in [0.2, 0.25) is 0 Å². The molecule has 3 aromatic carbocycles. The van der Waals surface area contributed by atoms with Crippen LogP contribution in [0.15, 0.2) is 83.5 Å². The summed E-state index contributed by atoms with van der Waals surface area (Å²) in [6, 6.07) is 21.2. The van der Waals surface area contributed by atoms with E-state index in [0.29, 0.717) is 41.2 Å². The minimum Gasteiger partial charge on any atom is -0.496 e. The molecule has 1 aliphatic rings. The first-order chi connectivity index (χ1) is 18.1. The van der Waals surface area contributed by atoms with Gasteiger partial charge in [-0.2, -0.15) is 0 Å². The molecule has 6 heteroatoms. The molecule has 0 bridgehead atoms. The average molecular weight is 500 g/mol. The van der Waals surface area contributed by atoms with Crippen molar-refractivity contribution in [2.75, 3.05) is 33.4 Å². The van der Waals surface area contributed by atoms with Crippen molar-refractivity contribution in [3.8, 4) is 22.6 Å². The van der Waals surface area contributed by atoms with Gasteiger partial charge in [0.15, 0.2) is 0 Å². The van der Waals surface area contributed by atoms with E-state index in [2.05, 4.69) is 4.90 Å². The fraction of sp³-hybridized carbons (Fsp3) is 0.258. The van der Waals surface area contributed by atoms with Crippen LogP contribution in [0.4, 0.5) is 4.39 Å². The standard InChI is InChI=1S/C31H30FNO4/c1-35-28-7-3-2-6-26(28)31(34)27-21-37-29(20-22-8-12-24(32)13-9-22)30(27)23-10-14-25(15-11-23)36-19-18-33-16-4-5-17-33/h2-3,6-15,21H,4-5,16-20H2,1H3. The zero-order valence-electron chi connectivity index (χ0n) is 20.9. The molecule has 37 heavy (non-hydrogen) atoms. The number of carbonyl (C=O) groups is 1. The van der Waals surface area contributed by atoms with Crippen LogP contribution >= 0.6 is 0 Å². The van der Waals surface area contributed by atoms with Gasteiger partial charge < -0.3 is 13.9 Å². The topological polar surface area (TPSA) is 51.9 Å². The van der Waals surface area contributed by atoms with Gasteiger partial charge in [-0.15, -0.1) is 0 Å². The number of carbonyl (C=O) groups excluding carboxylic acids is 1. The van der Waals surface area contributed by atoms with Gasteiger partial charge >= 0.3 is 0 Å². The van der Waals surface area contributed by atoms with E-state index < -0.39 is 0 Å². The van der Waals surface area contributed by atoms with E-state index in [9.17, 15) is 9.18 Å². The zero-order chi connectivity index (χ0) is 25.6. The second-order valence-corrected chi connectivity index (χ2v) is 9.20. The van der Waals surface area contributed by atoms with E-state index in [1.165, 1.54) is 31.2 Å². The van der Waals surface area contributed by atoms with Crippen molar-refractivity contribution in [2.24, 2.45) is 0 Å². The summed E-state index contributed by atoms with van der Waals surface area (Å²) >= 11 is 0. The van der Waals surface area contributed by atoms with Gasteiger partial charge in [-0.25, -0.2) is 4.39 Å². The summed E-state index contributed by atoms with van der Waals surface area (Å²) in [5, 5.41) is 0. The molecule has 1 fully saturated rings. The molecule has 5 rings (SSSR count). The molecule has 0 saturated carbocycles. The molecule has 0 atom stereocenters. The number of rotatable bonds is 10. The van der Waals surface area contributed by atoms with E-state index in [0.717, 1.165) is 36.5 Å².